The monoisotopic (exact) mass is 256 g/mol. The van der Waals surface area contributed by atoms with Gasteiger partial charge in [0.15, 0.2) is 0 Å². The summed E-state index contributed by atoms with van der Waals surface area (Å²) in [5.74, 6) is 0.803. The van der Waals surface area contributed by atoms with Gasteiger partial charge in [0.1, 0.15) is 5.78 Å². The largest absolute Gasteiger partial charge is 0.481 e. The number of aryl methyl sites for hydroxylation is 1. The van der Waals surface area contributed by atoms with Gasteiger partial charge in [0.25, 0.3) is 0 Å². The first-order valence-corrected chi connectivity index (χ1v) is 6.32. The van der Waals surface area contributed by atoms with Gasteiger partial charge in [0, 0.05) is 20.1 Å². The zero-order valence-corrected chi connectivity index (χ0v) is 12.2. The van der Waals surface area contributed by atoms with Crippen LogP contribution in [-0.4, -0.2) is 24.4 Å². The van der Waals surface area contributed by atoms with E-state index >= 15 is 0 Å². The molecule has 0 fully saturated rings. The standard InChI is InChI=1S/C10H13NO2.C2H7N.C2H6.H2/c1-8(12)3-4-9-5-6-11-10(7-9)13-2;1-2-3;1-2;/h5-7H,3-4H2,1-2H3;2-3H2,1H3;1-2H3;1H. The van der Waals surface area contributed by atoms with Crippen LogP contribution in [0.25, 0.3) is 0 Å². The summed E-state index contributed by atoms with van der Waals surface area (Å²) in [6.07, 6.45) is 3.02. The average molecular weight is 256 g/mol. The third-order valence-electron chi connectivity index (χ3n) is 1.77. The van der Waals surface area contributed by atoms with E-state index in [2.05, 4.69) is 4.98 Å². The fourth-order valence-electron chi connectivity index (χ4n) is 1.04. The van der Waals surface area contributed by atoms with Crippen LogP contribution in [0, 0.1) is 0 Å². The van der Waals surface area contributed by atoms with E-state index in [9.17, 15) is 4.79 Å². The lowest BCUT2D eigenvalue weighted by Gasteiger charge is -2.01. The van der Waals surface area contributed by atoms with Gasteiger partial charge in [-0.1, -0.05) is 20.8 Å². The van der Waals surface area contributed by atoms with Crippen molar-refractivity contribution in [3.05, 3.63) is 23.9 Å². The Bertz CT molecular complexity index is 320. The number of aromatic nitrogens is 1. The predicted octanol–water partition coefficient (Wildman–Crippen LogP) is 2.85. The van der Waals surface area contributed by atoms with Crippen molar-refractivity contribution in [3.63, 3.8) is 0 Å². The summed E-state index contributed by atoms with van der Waals surface area (Å²) in [4.78, 5) is 14.7. The Labute approximate surface area is 112 Å². The van der Waals surface area contributed by atoms with Crippen molar-refractivity contribution in [2.75, 3.05) is 13.7 Å². The molecule has 0 aliphatic carbocycles. The molecular weight excluding hydrogens is 228 g/mol. The lowest BCUT2D eigenvalue weighted by Crippen LogP contribution is -1.95. The number of rotatable bonds is 4. The quantitative estimate of drug-likeness (QED) is 0.899. The number of carbonyl (C=O) groups excluding carboxylic acids is 1. The van der Waals surface area contributed by atoms with Gasteiger partial charge in [-0.15, -0.1) is 0 Å². The number of hydrogen-bond donors (Lipinski definition) is 1. The second-order valence-electron chi connectivity index (χ2n) is 3.32. The van der Waals surface area contributed by atoms with E-state index in [-0.39, 0.29) is 7.21 Å². The van der Waals surface area contributed by atoms with Gasteiger partial charge in [-0.2, -0.15) is 0 Å². The molecule has 0 aromatic carbocycles. The van der Waals surface area contributed by atoms with Gasteiger partial charge < -0.3 is 15.3 Å². The molecule has 106 valence electrons. The van der Waals surface area contributed by atoms with E-state index < -0.39 is 0 Å². The molecule has 4 heteroatoms. The van der Waals surface area contributed by atoms with E-state index in [1.165, 1.54) is 0 Å². The molecule has 0 bridgehead atoms. The first-order valence-electron chi connectivity index (χ1n) is 6.32. The normalized spacial score (nSPS) is 8.33. The summed E-state index contributed by atoms with van der Waals surface area (Å²) in [6, 6.07) is 3.74. The summed E-state index contributed by atoms with van der Waals surface area (Å²) >= 11 is 0. The van der Waals surface area contributed by atoms with Crippen molar-refractivity contribution >= 4 is 5.78 Å². The third-order valence-corrected chi connectivity index (χ3v) is 1.77. The van der Waals surface area contributed by atoms with Gasteiger partial charge in [0.2, 0.25) is 5.88 Å². The Balaban J connectivity index is -0.000000376. The van der Waals surface area contributed by atoms with Crippen LogP contribution in [0.15, 0.2) is 18.3 Å². The number of nitrogens with zero attached hydrogens (tertiary/aromatic N) is 1. The second-order valence-corrected chi connectivity index (χ2v) is 3.32. The van der Waals surface area contributed by atoms with Crippen molar-refractivity contribution in [2.45, 2.75) is 40.5 Å². The number of ketones is 1. The fraction of sp³-hybridized carbons (Fsp3) is 0.571. The Morgan fingerprint density at radius 2 is 2.06 bits per heavy atom. The average Bonchev–Trinajstić information content (AvgIpc) is 2.40. The van der Waals surface area contributed by atoms with Gasteiger partial charge in [-0.25, -0.2) is 4.98 Å². The number of carbonyl (C=O) groups is 1. The number of methoxy groups -OCH3 is 1. The topological polar surface area (TPSA) is 65.2 Å². The number of ether oxygens (including phenoxy) is 1. The highest BCUT2D eigenvalue weighted by Crippen LogP contribution is 2.10. The van der Waals surface area contributed by atoms with Crippen LogP contribution in [0.5, 0.6) is 5.88 Å². The van der Waals surface area contributed by atoms with Gasteiger partial charge in [-0.3, -0.25) is 0 Å². The maximum absolute atomic E-state index is 10.7. The Kier molecular flexibility index (Phi) is 14.4. The minimum absolute atomic E-state index is 0. The van der Waals surface area contributed by atoms with Crippen LogP contribution in [0.3, 0.4) is 0 Å². The maximum Gasteiger partial charge on any atom is 0.213 e. The number of nitrogens with two attached hydrogens (primary N) is 1. The zero-order chi connectivity index (χ0) is 14.4. The molecule has 4 nitrogen and oxygen atoms in total. The molecule has 0 unspecified atom stereocenters. The van der Waals surface area contributed by atoms with Crippen LogP contribution >= 0.6 is 0 Å². The lowest BCUT2D eigenvalue weighted by molar-refractivity contribution is -0.116. The minimum atomic E-state index is 0. The molecule has 0 spiro atoms. The highest BCUT2D eigenvalue weighted by molar-refractivity contribution is 5.75. The number of Topliss-reactive ketones (excluding diaryl/α,β-unsaturated/α-hetero) is 1. The Morgan fingerprint density at radius 1 is 1.50 bits per heavy atom. The van der Waals surface area contributed by atoms with Crippen LogP contribution in [-0.2, 0) is 11.2 Å². The van der Waals surface area contributed by atoms with Crippen molar-refractivity contribution < 1.29 is 11.0 Å². The molecular formula is C14H28N2O2. The number of hydrogen-bond acceptors (Lipinski definition) is 4. The van der Waals surface area contributed by atoms with Crippen LogP contribution in [0.2, 0.25) is 0 Å². The fourth-order valence-corrected chi connectivity index (χ4v) is 1.04. The SMILES string of the molecule is CC.CCN.COc1cc(CCC(C)=O)ccn1.[HH]. The molecule has 0 aliphatic heterocycles. The molecule has 1 rings (SSSR count). The predicted molar refractivity (Wildman–Crippen MR) is 78.0 cm³/mol. The highest BCUT2D eigenvalue weighted by Gasteiger charge is 1.98. The molecule has 0 saturated carbocycles. The van der Waals surface area contributed by atoms with Crippen LogP contribution in [0.1, 0.15) is 41.1 Å². The van der Waals surface area contributed by atoms with Crippen molar-refractivity contribution in [1.82, 2.24) is 4.98 Å². The van der Waals surface area contributed by atoms with Crippen LogP contribution in [0.4, 0.5) is 0 Å². The summed E-state index contributed by atoms with van der Waals surface area (Å²) in [6.45, 7) is 8.25. The zero-order valence-electron chi connectivity index (χ0n) is 12.2. The van der Waals surface area contributed by atoms with E-state index in [0.29, 0.717) is 12.3 Å². The first-order chi connectivity index (χ1) is 8.63. The molecule has 1 aromatic heterocycles. The van der Waals surface area contributed by atoms with E-state index in [4.69, 9.17) is 10.5 Å². The van der Waals surface area contributed by atoms with E-state index in [1.807, 2.05) is 32.9 Å². The van der Waals surface area contributed by atoms with Gasteiger partial charge in [0.05, 0.1) is 7.11 Å². The summed E-state index contributed by atoms with van der Waals surface area (Å²) < 4.78 is 4.97. The van der Waals surface area contributed by atoms with Crippen molar-refractivity contribution in [2.24, 2.45) is 5.73 Å². The van der Waals surface area contributed by atoms with Crippen molar-refractivity contribution in [3.8, 4) is 5.88 Å². The molecule has 18 heavy (non-hydrogen) atoms. The molecule has 0 saturated heterocycles. The van der Waals surface area contributed by atoms with Gasteiger partial charge >= 0.3 is 0 Å². The maximum atomic E-state index is 10.7. The third kappa shape index (κ3) is 11.1. The molecule has 0 radical (unpaired) electrons. The second kappa shape index (κ2) is 13.6. The lowest BCUT2D eigenvalue weighted by atomic mass is 10.1. The van der Waals surface area contributed by atoms with E-state index in [0.717, 1.165) is 18.5 Å². The molecule has 0 atom stereocenters. The van der Waals surface area contributed by atoms with Crippen LogP contribution < -0.4 is 10.5 Å². The molecule has 2 N–H and O–H groups in total. The molecule has 1 heterocycles. The molecule has 0 aliphatic rings. The molecule has 0 amide bonds. The van der Waals surface area contributed by atoms with Gasteiger partial charge in [-0.05, 0) is 31.5 Å². The Hall–Kier alpha value is -1.42. The number of pyridine rings is 1. The minimum Gasteiger partial charge on any atom is -0.481 e. The van der Waals surface area contributed by atoms with Crippen molar-refractivity contribution in [1.29, 1.82) is 0 Å². The molecule has 1 aromatic rings. The highest BCUT2D eigenvalue weighted by atomic mass is 16.5. The first kappa shape index (κ1) is 18.9. The summed E-state index contributed by atoms with van der Waals surface area (Å²) in [5.41, 5.74) is 5.93. The smallest absolute Gasteiger partial charge is 0.213 e. The Morgan fingerprint density at radius 3 is 2.50 bits per heavy atom. The summed E-state index contributed by atoms with van der Waals surface area (Å²) in [7, 11) is 1.58. The summed E-state index contributed by atoms with van der Waals surface area (Å²) in [5, 5.41) is 0. The van der Waals surface area contributed by atoms with E-state index in [1.54, 1.807) is 20.2 Å².